The first-order chi connectivity index (χ1) is 24.0. The first-order valence-electron chi connectivity index (χ1n) is 16.3. The van der Waals surface area contributed by atoms with Gasteiger partial charge in [-0.25, -0.2) is 4.98 Å². The van der Waals surface area contributed by atoms with Crippen molar-refractivity contribution in [1.82, 2.24) is 29.5 Å². The minimum absolute atomic E-state index is 0. The predicted octanol–water partition coefficient (Wildman–Crippen LogP) is 10.6. The molecule has 5 aromatic heterocycles. The molecule has 0 N–H and O–H groups in total. The van der Waals surface area contributed by atoms with Crippen LogP contribution in [0.1, 0.15) is 50.7 Å². The van der Waals surface area contributed by atoms with E-state index in [0.29, 0.717) is 23.1 Å². The monoisotopic (exact) mass is 849 g/mol. The second-order valence-corrected chi connectivity index (χ2v) is 13.2. The van der Waals surface area contributed by atoms with Crippen molar-refractivity contribution >= 4 is 54.8 Å². The fourth-order valence-corrected chi connectivity index (χ4v) is 7.11. The average Bonchev–Trinajstić information content (AvgIpc) is 3.87. The number of hydrogen-bond acceptors (Lipinski definition) is 7. The molecule has 0 saturated carbocycles. The van der Waals surface area contributed by atoms with Gasteiger partial charge in [-0.1, -0.05) is 75.7 Å². The molecule has 0 unspecified atom stereocenters. The number of rotatable bonds is 5. The van der Waals surface area contributed by atoms with Crippen molar-refractivity contribution < 1.29 is 24.5 Å². The zero-order chi connectivity index (χ0) is 33.5. The van der Waals surface area contributed by atoms with Crippen LogP contribution < -0.4 is 0 Å². The first kappa shape index (κ1) is 33.4. The van der Waals surface area contributed by atoms with Gasteiger partial charge in [0.05, 0.1) is 28.0 Å². The zero-order valence-corrected chi connectivity index (χ0v) is 31.1. The number of nitrogens with zero attached hydrogens (tertiary/aromatic N) is 6. The quantitative estimate of drug-likeness (QED) is 0.161. The van der Waals surface area contributed by atoms with E-state index in [1.807, 2.05) is 54.0 Å². The Bertz CT molecular complexity index is 2510. The summed E-state index contributed by atoms with van der Waals surface area (Å²) in [5.74, 6) is 1.43. The molecule has 0 spiro atoms. The summed E-state index contributed by atoms with van der Waals surface area (Å²) in [6.45, 7) is 8.96. The number of fused-ring (bicyclic) bond motifs is 6. The molecule has 1 radical (unpaired) electrons. The minimum atomic E-state index is 0. The molecule has 5 heterocycles. The summed E-state index contributed by atoms with van der Waals surface area (Å²) in [6, 6.07) is 35.3. The van der Waals surface area contributed by atoms with Crippen molar-refractivity contribution in [3.05, 3.63) is 132 Å². The number of pyridine rings is 1. The molecule has 7 nitrogen and oxygen atoms in total. The molecule has 50 heavy (non-hydrogen) atoms. The van der Waals surface area contributed by atoms with Crippen LogP contribution in [0, 0.1) is 12.1 Å². The summed E-state index contributed by atoms with van der Waals surface area (Å²) in [5.41, 5.74) is 13.0. The second-order valence-electron chi connectivity index (χ2n) is 12.4. The third kappa shape index (κ3) is 5.91. The maximum Gasteiger partial charge on any atom is 0.235 e. The molecule has 249 valence electrons. The van der Waals surface area contributed by atoms with E-state index in [-0.39, 0.29) is 20.1 Å². The summed E-state index contributed by atoms with van der Waals surface area (Å²) >= 11 is 1.56. The summed E-state index contributed by atoms with van der Waals surface area (Å²) < 4.78 is 9.66. The van der Waals surface area contributed by atoms with Crippen LogP contribution in [0.15, 0.2) is 113 Å². The molecule has 9 heteroatoms. The maximum atomic E-state index is 6.38. The molecular formula is C41H32IrN6OS-2. The zero-order valence-electron chi connectivity index (χ0n) is 27.9. The van der Waals surface area contributed by atoms with Gasteiger partial charge < -0.3 is 14.0 Å². The van der Waals surface area contributed by atoms with E-state index in [1.165, 1.54) is 16.8 Å². The molecule has 0 aliphatic heterocycles. The molecule has 0 bridgehead atoms. The SMILES string of the molecule is CC(C)c1cccc(C(C)C)c1-n1c(-c2[c-]c3ncsc3c3c2oc2nccnc23)nc2ccccc21.[Ir].[c-]1ccccc1-c1ccccn1. The van der Waals surface area contributed by atoms with Crippen molar-refractivity contribution in [3.8, 4) is 28.3 Å². The van der Waals surface area contributed by atoms with Crippen LogP contribution in [-0.4, -0.2) is 29.5 Å². The number of para-hydroxylation sites is 3. The molecule has 0 atom stereocenters. The fraction of sp³-hybridized carbons (Fsp3) is 0.146. The molecule has 0 fully saturated rings. The Morgan fingerprint density at radius 3 is 2.26 bits per heavy atom. The van der Waals surface area contributed by atoms with Gasteiger partial charge in [0, 0.05) is 44.4 Å². The van der Waals surface area contributed by atoms with Crippen LogP contribution in [-0.2, 0) is 20.1 Å². The molecule has 0 aliphatic rings. The summed E-state index contributed by atoms with van der Waals surface area (Å²) in [6.07, 6.45) is 5.14. The normalized spacial score (nSPS) is 11.4. The van der Waals surface area contributed by atoms with Crippen LogP contribution in [0.25, 0.3) is 71.8 Å². The standard InChI is InChI=1S/C30H24N5OS.C11H8N.Ir/c1-16(2)18-8-7-9-19(17(3)4)26(18)35-23-11-6-5-10-21(23)34-29(35)20-14-22-28(37-15-33-22)24-25-30(36-27(20)24)32-13-12-31-25;1-2-6-10(7-3-1)11-8-4-5-9-12-11;/h5-13,15-17H,1-4H3;1-6,8-9H;/q2*-1;. The van der Waals surface area contributed by atoms with E-state index in [9.17, 15) is 0 Å². The third-order valence-corrected chi connectivity index (χ3v) is 9.44. The smallest absolute Gasteiger partial charge is 0.235 e. The summed E-state index contributed by atoms with van der Waals surface area (Å²) in [4.78, 5) is 23.1. The molecule has 9 rings (SSSR count). The van der Waals surface area contributed by atoms with Gasteiger partial charge in [0.25, 0.3) is 0 Å². The van der Waals surface area contributed by atoms with Crippen LogP contribution >= 0.6 is 11.3 Å². The van der Waals surface area contributed by atoms with E-state index in [4.69, 9.17) is 9.40 Å². The molecule has 0 amide bonds. The number of benzene rings is 4. The Labute approximate surface area is 307 Å². The Balaban J connectivity index is 0.000000255. The van der Waals surface area contributed by atoms with Crippen LogP contribution in [0.3, 0.4) is 0 Å². The number of hydrogen-bond donors (Lipinski definition) is 0. The first-order valence-corrected chi connectivity index (χ1v) is 17.2. The van der Waals surface area contributed by atoms with Crippen molar-refractivity contribution in [1.29, 1.82) is 0 Å². The van der Waals surface area contributed by atoms with Gasteiger partial charge >= 0.3 is 0 Å². The van der Waals surface area contributed by atoms with E-state index < -0.39 is 0 Å². The number of imidazole rings is 1. The third-order valence-electron chi connectivity index (χ3n) is 8.59. The largest absolute Gasteiger partial charge is 0.485 e. The van der Waals surface area contributed by atoms with Crippen molar-refractivity contribution in [2.75, 3.05) is 0 Å². The number of aromatic nitrogens is 6. The molecule has 4 aromatic carbocycles. The molecular weight excluding hydrogens is 817 g/mol. The fourth-order valence-electron chi connectivity index (χ4n) is 6.32. The van der Waals surface area contributed by atoms with Crippen LogP contribution in [0.4, 0.5) is 0 Å². The predicted molar refractivity (Wildman–Crippen MR) is 198 cm³/mol. The van der Waals surface area contributed by atoms with Gasteiger partial charge in [0.1, 0.15) is 5.52 Å². The second kappa shape index (κ2) is 14.0. The van der Waals surface area contributed by atoms with E-state index in [0.717, 1.165) is 54.8 Å². The van der Waals surface area contributed by atoms with E-state index in [2.05, 4.69) is 101 Å². The Morgan fingerprint density at radius 1 is 0.760 bits per heavy atom. The van der Waals surface area contributed by atoms with Gasteiger partial charge in [-0.3, -0.25) is 15.0 Å². The summed E-state index contributed by atoms with van der Waals surface area (Å²) in [7, 11) is 0. The summed E-state index contributed by atoms with van der Waals surface area (Å²) in [5, 5.41) is 0.911. The Morgan fingerprint density at radius 2 is 1.52 bits per heavy atom. The minimum Gasteiger partial charge on any atom is -0.485 e. The van der Waals surface area contributed by atoms with Gasteiger partial charge in [-0.15, -0.1) is 42.0 Å². The molecule has 0 aliphatic carbocycles. The van der Waals surface area contributed by atoms with Gasteiger partial charge in [-0.05, 0) is 62.5 Å². The van der Waals surface area contributed by atoms with E-state index >= 15 is 0 Å². The van der Waals surface area contributed by atoms with Gasteiger partial charge in [-0.2, -0.15) is 11.3 Å². The topological polar surface area (TPSA) is 82.5 Å². The molecule has 0 saturated heterocycles. The average molecular weight is 849 g/mol. The molecule has 9 aromatic rings. The number of thiazole rings is 1. The Hall–Kier alpha value is -5.08. The maximum absolute atomic E-state index is 6.38. The van der Waals surface area contributed by atoms with E-state index in [1.54, 1.807) is 29.9 Å². The van der Waals surface area contributed by atoms with Gasteiger partial charge in [0.15, 0.2) is 0 Å². The van der Waals surface area contributed by atoms with Crippen molar-refractivity contribution in [2.45, 2.75) is 39.5 Å². The van der Waals surface area contributed by atoms with Crippen molar-refractivity contribution in [3.63, 3.8) is 0 Å². The number of furan rings is 1. The van der Waals surface area contributed by atoms with Gasteiger partial charge in [0.2, 0.25) is 5.71 Å². The van der Waals surface area contributed by atoms with Crippen LogP contribution in [0.5, 0.6) is 0 Å². The van der Waals surface area contributed by atoms with Crippen LogP contribution in [0.2, 0.25) is 0 Å². The van der Waals surface area contributed by atoms with Crippen molar-refractivity contribution in [2.24, 2.45) is 0 Å². The Kier molecular flexibility index (Phi) is 9.38.